The summed E-state index contributed by atoms with van der Waals surface area (Å²) in [5, 5.41) is 14.4. The van der Waals surface area contributed by atoms with Crippen molar-refractivity contribution in [3.63, 3.8) is 0 Å². The number of anilines is 1. The third-order valence-electron chi connectivity index (χ3n) is 6.05. The van der Waals surface area contributed by atoms with Crippen LogP contribution in [-0.2, 0) is 0 Å². The van der Waals surface area contributed by atoms with E-state index in [1.807, 2.05) is 31.2 Å². The van der Waals surface area contributed by atoms with Crippen LogP contribution >= 0.6 is 0 Å². The lowest BCUT2D eigenvalue weighted by Crippen LogP contribution is -2.23. The summed E-state index contributed by atoms with van der Waals surface area (Å²) >= 11 is 0. The molecular formula is C27H30N6O2. The third-order valence-corrected chi connectivity index (χ3v) is 6.05. The van der Waals surface area contributed by atoms with Crippen LogP contribution < -0.4 is 14.4 Å². The molecule has 1 aliphatic rings. The number of allylic oxidation sites excluding steroid dienone is 1. The molecule has 0 N–H and O–H groups in total. The lowest BCUT2D eigenvalue weighted by atomic mass is 10.1. The van der Waals surface area contributed by atoms with Crippen LogP contribution in [-0.4, -0.2) is 47.9 Å². The van der Waals surface area contributed by atoms with Gasteiger partial charge >= 0.3 is 0 Å². The number of fused-ring (bicyclic) bond motifs is 1. The van der Waals surface area contributed by atoms with Gasteiger partial charge in [0, 0.05) is 24.9 Å². The molecule has 1 aromatic heterocycles. The van der Waals surface area contributed by atoms with Crippen LogP contribution in [0.4, 0.5) is 11.4 Å². The molecule has 35 heavy (non-hydrogen) atoms. The van der Waals surface area contributed by atoms with Gasteiger partial charge in [-0.25, -0.2) is 9.98 Å². The molecule has 0 aliphatic carbocycles. The molecule has 0 saturated heterocycles. The smallest absolute Gasteiger partial charge is 0.186 e. The van der Waals surface area contributed by atoms with E-state index in [-0.39, 0.29) is 0 Å². The van der Waals surface area contributed by atoms with E-state index in [9.17, 15) is 5.26 Å². The predicted molar refractivity (Wildman–Crippen MR) is 139 cm³/mol. The molecule has 8 nitrogen and oxygen atoms in total. The van der Waals surface area contributed by atoms with Crippen LogP contribution in [0, 0.1) is 18.3 Å². The Morgan fingerprint density at radius 2 is 1.94 bits per heavy atom. The van der Waals surface area contributed by atoms with Crippen molar-refractivity contribution in [3.05, 3.63) is 53.4 Å². The number of hydrogen-bond donors (Lipinski definition) is 0. The Hall–Kier alpha value is -4.12. The average Bonchev–Trinajstić information content (AvgIpc) is 3.44. The normalized spacial score (nSPS) is 13.4. The molecule has 0 spiro atoms. The summed E-state index contributed by atoms with van der Waals surface area (Å²) in [7, 11) is 3.21. The van der Waals surface area contributed by atoms with Gasteiger partial charge in [0.2, 0.25) is 0 Å². The summed E-state index contributed by atoms with van der Waals surface area (Å²) < 4.78 is 12.5. The van der Waals surface area contributed by atoms with Crippen molar-refractivity contribution in [3.8, 4) is 29.0 Å². The first-order valence-electron chi connectivity index (χ1n) is 11.8. The number of ether oxygens (including phenoxy) is 2. The molecule has 2 aromatic carbocycles. The highest BCUT2D eigenvalue weighted by atomic mass is 16.5. The molecule has 1 aliphatic heterocycles. The summed E-state index contributed by atoms with van der Waals surface area (Å²) in [4.78, 5) is 11.8. The molecule has 4 rings (SSSR count). The highest BCUT2D eigenvalue weighted by molar-refractivity contribution is 6.11. The molecule has 0 unspecified atom stereocenters. The molecule has 0 fully saturated rings. The van der Waals surface area contributed by atoms with Gasteiger partial charge in [-0.1, -0.05) is 13.3 Å². The Balaban J connectivity index is 1.72. The SMILES string of the molecule is CCCCN(CC)c1ccc(/N=C2\C(C#N)=Cc3nc(-c4cc(OC)ccc4OC)nn32)c(C)c1. The minimum atomic E-state index is 0.422. The zero-order valence-electron chi connectivity index (χ0n) is 20.9. The van der Waals surface area contributed by atoms with E-state index >= 15 is 0 Å². The maximum Gasteiger partial charge on any atom is 0.186 e. The van der Waals surface area contributed by atoms with Crippen molar-refractivity contribution in [1.82, 2.24) is 14.8 Å². The van der Waals surface area contributed by atoms with Crippen LogP contribution in [0.2, 0.25) is 0 Å². The molecule has 0 bridgehead atoms. The lowest BCUT2D eigenvalue weighted by molar-refractivity contribution is 0.404. The second-order valence-electron chi connectivity index (χ2n) is 8.28. The molecule has 0 radical (unpaired) electrons. The van der Waals surface area contributed by atoms with E-state index in [4.69, 9.17) is 14.5 Å². The number of aromatic nitrogens is 3. The highest BCUT2D eigenvalue weighted by Crippen LogP contribution is 2.33. The van der Waals surface area contributed by atoms with E-state index in [1.165, 1.54) is 5.69 Å². The molecule has 8 heteroatoms. The molecule has 0 atom stereocenters. The summed E-state index contributed by atoms with van der Waals surface area (Å²) in [6.07, 6.45) is 4.02. The van der Waals surface area contributed by atoms with Gasteiger partial charge in [0.1, 0.15) is 23.1 Å². The second kappa shape index (κ2) is 10.4. The van der Waals surface area contributed by atoms with Gasteiger partial charge in [-0.3, -0.25) is 0 Å². The van der Waals surface area contributed by atoms with Gasteiger partial charge in [0.05, 0.1) is 25.5 Å². The fraction of sp³-hybridized carbons (Fsp3) is 0.333. The highest BCUT2D eigenvalue weighted by Gasteiger charge is 2.26. The topological polar surface area (TPSA) is 88.6 Å². The van der Waals surface area contributed by atoms with Gasteiger partial charge in [0.15, 0.2) is 17.5 Å². The minimum absolute atomic E-state index is 0.422. The van der Waals surface area contributed by atoms with E-state index in [1.54, 1.807) is 25.0 Å². The summed E-state index contributed by atoms with van der Waals surface area (Å²) in [6.45, 7) is 8.39. The average molecular weight is 471 g/mol. The number of hydrogen-bond acceptors (Lipinski definition) is 7. The first-order valence-corrected chi connectivity index (χ1v) is 11.8. The minimum Gasteiger partial charge on any atom is -0.497 e. The molecule has 2 heterocycles. The Labute approximate surface area is 206 Å². The molecular weight excluding hydrogens is 440 g/mol. The fourth-order valence-corrected chi connectivity index (χ4v) is 4.07. The number of nitrogens with zero attached hydrogens (tertiary/aromatic N) is 6. The Morgan fingerprint density at radius 3 is 2.60 bits per heavy atom. The van der Waals surface area contributed by atoms with Gasteiger partial charge < -0.3 is 14.4 Å². The number of unbranched alkanes of at least 4 members (excludes halogenated alkanes) is 1. The zero-order chi connectivity index (χ0) is 24.9. The van der Waals surface area contributed by atoms with Crippen molar-refractivity contribution in [1.29, 1.82) is 5.26 Å². The van der Waals surface area contributed by atoms with Crippen LogP contribution in [0.1, 0.15) is 38.1 Å². The van der Waals surface area contributed by atoms with Gasteiger partial charge in [-0.05, 0) is 62.2 Å². The fourth-order valence-electron chi connectivity index (χ4n) is 4.07. The van der Waals surface area contributed by atoms with Gasteiger partial charge in [0.25, 0.3) is 0 Å². The maximum absolute atomic E-state index is 9.73. The van der Waals surface area contributed by atoms with E-state index in [2.05, 4.69) is 47.0 Å². The maximum atomic E-state index is 9.73. The largest absolute Gasteiger partial charge is 0.497 e. The number of methoxy groups -OCH3 is 2. The van der Waals surface area contributed by atoms with Crippen LogP contribution in [0.5, 0.6) is 11.5 Å². The summed E-state index contributed by atoms with van der Waals surface area (Å²) in [5.41, 5.74) is 4.13. The van der Waals surface area contributed by atoms with Crippen molar-refractivity contribution >= 4 is 23.3 Å². The van der Waals surface area contributed by atoms with Gasteiger partial charge in [-0.2, -0.15) is 9.94 Å². The first kappa shape index (κ1) is 24.0. The van der Waals surface area contributed by atoms with Crippen molar-refractivity contribution < 1.29 is 9.47 Å². The van der Waals surface area contributed by atoms with Gasteiger partial charge in [-0.15, -0.1) is 5.10 Å². The molecule has 3 aromatic rings. The van der Waals surface area contributed by atoms with Crippen LogP contribution in [0.25, 0.3) is 17.5 Å². The van der Waals surface area contributed by atoms with Crippen molar-refractivity contribution in [2.24, 2.45) is 4.99 Å². The lowest BCUT2D eigenvalue weighted by Gasteiger charge is -2.23. The molecule has 180 valence electrons. The zero-order valence-corrected chi connectivity index (χ0v) is 20.9. The Kier molecular flexibility index (Phi) is 7.16. The van der Waals surface area contributed by atoms with E-state index in [0.29, 0.717) is 40.1 Å². The monoisotopic (exact) mass is 470 g/mol. The predicted octanol–water partition coefficient (Wildman–Crippen LogP) is 5.40. The second-order valence-corrected chi connectivity index (χ2v) is 8.28. The number of rotatable bonds is 9. The summed E-state index contributed by atoms with van der Waals surface area (Å²) in [6, 6.07) is 13.9. The van der Waals surface area contributed by atoms with Crippen LogP contribution in [0.15, 0.2) is 47.0 Å². The van der Waals surface area contributed by atoms with E-state index in [0.717, 1.165) is 37.2 Å². The van der Waals surface area contributed by atoms with Crippen molar-refractivity contribution in [2.45, 2.75) is 33.6 Å². The standard InChI is InChI=1S/C27H30N6O2/c1-6-8-13-32(7-2)20-9-11-23(18(3)14-20)29-27-19(17-28)15-25-30-26(31-33(25)27)22-16-21(34-4)10-12-24(22)35-5/h9-12,14-16H,6-8,13H2,1-5H3/b29-27+. The number of aryl methyl sites for hydroxylation is 1. The molecule has 0 saturated carbocycles. The molecule has 0 amide bonds. The quantitative estimate of drug-likeness (QED) is 0.416. The number of nitriles is 1. The van der Waals surface area contributed by atoms with E-state index < -0.39 is 0 Å². The number of benzene rings is 2. The summed E-state index contributed by atoms with van der Waals surface area (Å²) in [5.74, 6) is 2.78. The van der Waals surface area contributed by atoms with Crippen LogP contribution in [0.3, 0.4) is 0 Å². The number of aliphatic imine (C=N–C) groups is 1. The Bertz CT molecular complexity index is 1330. The van der Waals surface area contributed by atoms with Crippen molar-refractivity contribution in [2.75, 3.05) is 32.2 Å². The first-order chi connectivity index (χ1) is 17.0. The Morgan fingerprint density at radius 1 is 1.11 bits per heavy atom. The third kappa shape index (κ3) is 4.76.